The molecule has 7 heteroatoms. The van der Waals surface area contributed by atoms with E-state index >= 15 is 0 Å². The number of aromatic nitrogens is 2. The average molecular weight is 393 g/mol. The summed E-state index contributed by atoms with van der Waals surface area (Å²) in [5.74, 6) is 0.331. The largest absolute Gasteiger partial charge is 0.353 e. The molecule has 1 heterocycles. The minimum Gasteiger partial charge on any atom is -0.353 e. The summed E-state index contributed by atoms with van der Waals surface area (Å²) in [6.07, 6.45) is 4.93. The first-order chi connectivity index (χ1) is 11.6. The second kappa shape index (κ2) is 7.44. The number of carbonyl (C=O) groups is 1. The van der Waals surface area contributed by atoms with E-state index in [0.29, 0.717) is 29.9 Å². The predicted octanol–water partition coefficient (Wildman–Crippen LogP) is 1.79. The van der Waals surface area contributed by atoms with Crippen molar-refractivity contribution in [3.05, 3.63) is 39.4 Å². The number of rotatable bonds is 5. The van der Waals surface area contributed by atoms with Gasteiger partial charge in [-0.15, -0.1) is 0 Å². The monoisotopic (exact) mass is 392 g/mol. The van der Waals surface area contributed by atoms with E-state index in [9.17, 15) is 9.59 Å². The molecule has 1 fully saturated rings. The number of hydrogen-bond acceptors (Lipinski definition) is 4. The van der Waals surface area contributed by atoms with Gasteiger partial charge in [-0.3, -0.25) is 14.2 Å². The molecule has 0 radical (unpaired) electrons. The molecule has 0 spiro atoms. The van der Waals surface area contributed by atoms with E-state index in [0.717, 1.165) is 23.7 Å². The van der Waals surface area contributed by atoms with Gasteiger partial charge in [-0.25, -0.2) is 4.98 Å². The van der Waals surface area contributed by atoms with Crippen LogP contribution in [0.3, 0.4) is 0 Å². The van der Waals surface area contributed by atoms with Gasteiger partial charge in [0.05, 0.1) is 17.2 Å². The topological polar surface area (TPSA) is 90.0 Å². The van der Waals surface area contributed by atoms with Crippen molar-refractivity contribution in [3.63, 3.8) is 0 Å². The lowest BCUT2D eigenvalue weighted by molar-refractivity contribution is -0.122. The molecule has 0 saturated heterocycles. The smallest absolute Gasteiger partial charge is 0.261 e. The highest BCUT2D eigenvalue weighted by Crippen LogP contribution is 2.24. The van der Waals surface area contributed by atoms with Gasteiger partial charge in [0.25, 0.3) is 5.56 Å². The molecule has 128 valence electrons. The van der Waals surface area contributed by atoms with Crippen LogP contribution in [0.1, 0.15) is 25.7 Å². The fraction of sp³-hybridized carbons (Fsp3) is 0.471. The number of benzene rings is 1. The summed E-state index contributed by atoms with van der Waals surface area (Å²) < 4.78 is 2.32. The van der Waals surface area contributed by atoms with Gasteiger partial charge in [-0.2, -0.15) is 0 Å². The quantitative estimate of drug-likeness (QED) is 0.811. The number of halogens is 1. The van der Waals surface area contributed by atoms with Gasteiger partial charge < -0.3 is 11.1 Å². The number of amides is 1. The van der Waals surface area contributed by atoms with Crippen LogP contribution in [0, 0.1) is 5.92 Å². The Morgan fingerprint density at radius 2 is 2.25 bits per heavy atom. The van der Waals surface area contributed by atoms with E-state index in [1.165, 1.54) is 10.9 Å². The number of carbonyl (C=O) groups excluding carboxylic acids is 1. The average Bonchev–Trinajstić information content (AvgIpc) is 3.02. The molecule has 3 N–H and O–H groups in total. The summed E-state index contributed by atoms with van der Waals surface area (Å²) in [6, 6.07) is 5.57. The Labute approximate surface area is 148 Å². The lowest BCUT2D eigenvalue weighted by Crippen LogP contribution is -2.40. The maximum absolute atomic E-state index is 12.5. The Morgan fingerprint density at radius 3 is 3.04 bits per heavy atom. The summed E-state index contributed by atoms with van der Waals surface area (Å²) in [5.41, 5.74) is 6.26. The first-order valence-corrected chi connectivity index (χ1v) is 9.02. The number of aryl methyl sites for hydroxylation is 1. The van der Waals surface area contributed by atoms with Crippen LogP contribution in [0.5, 0.6) is 0 Å². The zero-order valence-electron chi connectivity index (χ0n) is 13.4. The van der Waals surface area contributed by atoms with E-state index in [4.69, 9.17) is 5.73 Å². The predicted molar refractivity (Wildman–Crippen MR) is 96.6 cm³/mol. The van der Waals surface area contributed by atoms with Crippen molar-refractivity contribution < 1.29 is 4.79 Å². The highest BCUT2D eigenvalue weighted by atomic mass is 79.9. The molecule has 3 rings (SSSR count). The lowest BCUT2D eigenvalue weighted by Gasteiger charge is -2.19. The van der Waals surface area contributed by atoms with E-state index in [1.807, 2.05) is 6.07 Å². The van der Waals surface area contributed by atoms with Crippen molar-refractivity contribution in [3.8, 4) is 0 Å². The number of fused-ring (bicyclic) bond motifs is 1. The standard InChI is InChI=1S/C17H21BrN4O2/c18-12-4-5-15-13(8-12)17(24)22(10-20-15)7-6-16(23)21-14-3-1-2-11(14)9-19/h4-5,8,10-11,14H,1-3,6-7,9,19H2,(H,21,23). The second-order valence-electron chi connectivity index (χ2n) is 6.26. The Bertz CT molecular complexity index is 805. The van der Waals surface area contributed by atoms with Gasteiger partial charge in [0.15, 0.2) is 0 Å². The minimum atomic E-state index is -0.130. The fourth-order valence-corrected chi connectivity index (χ4v) is 3.66. The van der Waals surface area contributed by atoms with Gasteiger partial charge in [0.2, 0.25) is 5.91 Å². The summed E-state index contributed by atoms with van der Waals surface area (Å²) in [6.45, 7) is 0.925. The van der Waals surface area contributed by atoms with Crippen molar-refractivity contribution in [2.45, 2.75) is 38.3 Å². The van der Waals surface area contributed by atoms with Crippen LogP contribution in [0.2, 0.25) is 0 Å². The van der Waals surface area contributed by atoms with Crippen LogP contribution in [-0.2, 0) is 11.3 Å². The van der Waals surface area contributed by atoms with Crippen LogP contribution in [-0.4, -0.2) is 28.0 Å². The van der Waals surface area contributed by atoms with Crippen LogP contribution in [0.15, 0.2) is 33.8 Å². The van der Waals surface area contributed by atoms with E-state index in [2.05, 4.69) is 26.2 Å². The highest BCUT2D eigenvalue weighted by molar-refractivity contribution is 9.10. The molecule has 1 aromatic heterocycles. The van der Waals surface area contributed by atoms with Gasteiger partial charge in [-0.05, 0) is 43.5 Å². The van der Waals surface area contributed by atoms with Gasteiger partial charge >= 0.3 is 0 Å². The maximum Gasteiger partial charge on any atom is 0.261 e. The summed E-state index contributed by atoms with van der Waals surface area (Å²) in [7, 11) is 0. The Kier molecular flexibility index (Phi) is 5.30. The zero-order valence-corrected chi connectivity index (χ0v) is 15.0. The van der Waals surface area contributed by atoms with Crippen LogP contribution >= 0.6 is 15.9 Å². The summed E-state index contributed by atoms with van der Waals surface area (Å²) in [5, 5.41) is 3.60. The molecular formula is C17H21BrN4O2. The SMILES string of the molecule is NCC1CCCC1NC(=O)CCn1cnc2ccc(Br)cc2c1=O. The lowest BCUT2D eigenvalue weighted by atomic mass is 10.0. The van der Waals surface area contributed by atoms with E-state index in [-0.39, 0.29) is 23.9 Å². The minimum absolute atomic E-state index is 0.0402. The van der Waals surface area contributed by atoms with Crippen molar-refractivity contribution in [1.82, 2.24) is 14.9 Å². The molecule has 1 amide bonds. The molecule has 0 bridgehead atoms. The maximum atomic E-state index is 12.5. The Morgan fingerprint density at radius 1 is 1.42 bits per heavy atom. The first-order valence-electron chi connectivity index (χ1n) is 8.22. The van der Waals surface area contributed by atoms with E-state index < -0.39 is 0 Å². The number of nitrogens with one attached hydrogen (secondary N) is 1. The third-order valence-corrected chi connectivity index (χ3v) is 5.17. The number of hydrogen-bond donors (Lipinski definition) is 2. The van der Waals surface area contributed by atoms with Crippen LogP contribution in [0.4, 0.5) is 0 Å². The molecule has 6 nitrogen and oxygen atoms in total. The molecule has 24 heavy (non-hydrogen) atoms. The van der Waals surface area contributed by atoms with Gasteiger partial charge in [0, 0.05) is 23.5 Å². The number of nitrogens with zero attached hydrogens (tertiary/aromatic N) is 2. The molecule has 1 aromatic carbocycles. The molecule has 2 atom stereocenters. The molecule has 2 aromatic rings. The first kappa shape index (κ1) is 17.1. The van der Waals surface area contributed by atoms with E-state index in [1.54, 1.807) is 12.1 Å². The number of nitrogens with two attached hydrogens (primary N) is 1. The van der Waals surface area contributed by atoms with Crippen molar-refractivity contribution in [2.75, 3.05) is 6.54 Å². The highest BCUT2D eigenvalue weighted by Gasteiger charge is 2.27. The third kappa shape index (κ3) is 3.67. The molecule has 1 aliphatic carbocycles. The fourth-order valence-electron chi connectivity index (χ4n) is 3.30. The van der Waals surface area contributed by atoms with Crippen molar-refractivity contribution >= 4 is 32.7 Å². The summed E-state index contributed by atoms with van der Waals surface area (Å²) in [4.78, 5) is 28.9. The van der Waals surface area contributed by atoms with Crippen LogP contribution in [0.25, 0.3) is 10.9 Å². The van der Waals surface area contributed by atoms with Gasteiger partial charge in [0.1, 0.15) is 0 Å². The molecule has 0 aliphatic heterocycles. The zero-order chi connectivity index (χ0) is 17.1. The molecule has 1 saturated carbocycles. The second-order valence-corrected chi connectivity index (χ2v) is 7.17. The third-order valence-electron chi connectivity index (χ3n) is 4.67. The van der Waals surface area contributed by atoms with Crippen molar-refractivity contribution in [1.29, 1.82) is 0 Å². The molecule has 2 unspecified atom stereocenters. The van der Waals surface area contributed by atoms with Crippen molar-refractivity contribution in [2.24, 2.45) is 11.7 Å². The Balaban J connectivity index is 1.66. The molecule has 1 aliphatic rings. The summed E-state index contributed by atoms with van der Waals surface area (Å²) >= 11 is 3.36. The normalized spacial score (nSPS) is 20.4. The van der Waals surface area contributed by atoms with Crippen LogP contribution < -0.4 is 16.6 Å². The van der Waals surface area contributed by atoms with Gasteiger partial charge in [-0.1, -0.05) is 22.4 Å². The molecular weight excluding hydrogens is 372 g/mol. The Hall–Kier alpha value is -1.73.